The molecule has 0 unspecified atom stereocenters. The second kappa shape index (κ2) is 7.03. The number of ether oxygens (including phenoxy) is 1. The molecule has 27 heavy (non-hydrogen) atoms. The molecule has 0 aromatic carbocycles. The number of halogens is 5. The summed E-state index contributed by atoms with van der Waals surface area (Å²) in [5.74, 6) is -0.224. The van der Waals surface area contributed by atoms with Gasteiger partial charge in [-0.05, 0) is 44.0 Å². The average Bonchev–Trinajstić information content (AvgIpc) is 3.39. The summed E-state index contributed by atoms with van der Waals surface area (Å²) in [5.41, 5.74) is 2.18. The summed E-state index contributed by atoms with van der Waals surface area (Å²) in [6, 6.07) is 5.09. The van der Waals surface area contributed by atoms with Gasteiger partial charge >= 0.3 is 0 Å². The zero-order chi connectivity index (χ0) is 19.8. The molecule has 0 saturated heterocycles. The van der Waals surface area contributed by atoms with Gasteiger partial charge in [0, 0.05) is 11.8 Å². The number of alkyl halides is 5. The first-order chi connectivity index (χ1) is 12.6. The Morgan fingerprint density at radius 3 is 2.48 bits per heavy atom. The first-order valence-corrected chi connectivity index (χ1v) is 8.27. The predicted octanol–water partition coefficient (Wildman–Crippen LogP) is 4.62. The van der Waals surface area contributed by atoms with Crippen LogP contribution >= 0.6 is 0 Å². The first-order valence-electron chi connectivity index (χ1n) is 8.27. The molecule has 2 aromatic rings. The van der Waals surface area contributed by atoms with Gasteiger partial charge in [0.05, 0.1) is 11.2 Å². The molecule has 1 atom stereocenters. The Morgan fingerprint density at radius 2 is 1.89 bits per heavy atom. The van der Waals surface area contributed by atoms with E-state index >= 15 is 0 Å². The summed E-state index contributed by atoms with van der Waals surface area (Å²) in [6.45, 7) is 1.17. The summed E-state index contributed by atoms with van der Waals surface area (Å²) < 4.78 is 71.9. The fourth-order valence-corrected chi connectivity index (χ4v) is 2.67. The number of nitrogens with zero attached hydrogens (tertiary/aromatic N) is 2. The Kier molecular flexibility index (Phi) is 5.07. The maximum Gasteiger partial charge on any atom is 0.284 e. The third kappa shape index (κ3) is 4.02. The Morgan fingerprint density at radius 1 is 1.19 bits per heavy atom. The summed E-state index contributed by atoms with van der Waals surface area (Å²) >= 11 is 0. The molecule has 0 amide bonds. The molecule has 0 aliphatic heterocycles. The SMILES string of the molecule is C[C@@](N)(COc1ccc(-c2ccnc(C(F)F)c2)nc1C(F)F)C1(F)CC1. The molecule has 2 N–H and O–H groups in total. The van der Waals surface area contributed by atoms with Crippen LogP contribution in [-0.4, -0.2) is 27.8 Å². The molecule has 1 aliphatic carbocycles. The number of nitrogens with two attached hydrogens (primary N) is 1. The Hall–Kier alpha value is -2.29. The van der Waals surface area contributed by atoms with Crippen LogP contribution in [0.25, 0.3) is 11.3 Å². The van der Waals surface area contributed by atoms with Gasteiger partial charge in [0.15, 0.2) is 0 Å². The third-order valence-corrected chi connectivity index (χ3v) is 4.63. The van der Waals surface area contributed by atoms with Gasteiger partial charge < -0.3 is 10.5 Å². The van der Waals surface area contributed by atoms with Crippen molar-refractivity contribution in [2.24, 2.45) is 5.73 Å². The maximum atomic E-state index is 14.2. The van der Waals surface area contributed by atoms with Gasteiger partial charge in [-0.25, -0.2) is 26.9 Å². The van der Waals surface area contributed by atoms with Crippen LogP contribution in [0, 0.1) is 0 Å². The minimum absolute atomic E-state index is 0.0709. The van der Waals surface area contributed by atoms with Crippen molar-refractivity contribution < 1.29 is 26.7 Å². The maximum absolute atomic E-state index is 14.2. The molecule has 3 rings (SSSR count). The van der Waals surface area contributed by atoms with Crippen LogP contribution in [0.4, 0.5) is 22.0 Å². The van der Waals surface area contributed by atoms with Gasteiger partial charge in [-0.1, -0.05) is 0 Å². The van der Waals surface area contributed by atoms with Gasteiger partial charge in [0.1, 0.15) is 29.4 Å². The highest BCUT2D eigenvalue weighted by Gasteiger charge is 2.56. The topological polar surface area (TPSA) is 61.0 Å². The average molecular weight is 387 g/mol. The van der Waals surface area contributed by atoms with Crippen molar-refractivity contribution in [1.29, 1.82) is 0 Å². The van der Waals surface area contributed by atoms with E-state index in [2.05, 4.69) is 9.97 Å². The molecule has 0 bridgehead atoms. The van der Waals surface area contributed by atoms with Crippen molar-refractivity contribution >= 4 is 0 Å². The van der Waals surface area contributed by atoms with Crippen molar-refractivity contribution in [3.05, 3.63) is 41.9 Å². The molecule has 2 heterocycles. The van der Waals surface area contributed by atoms with E-state index in [-0.39, 0.29) is 23.6 Å². The predicted molar refractivity (Wildman–Crippen MR) is 88.5 cm³/mol. The third-order valence-electron chi connectivity index (χ3n) is 4.63. The smallest absolute Gasteiger partial charge is 0.284 e. The van der Waals surface area contributed by atoms with Crippen molar-refractivity contribution in [2.75, 3.05) is 6.61 Å². The number of aromatic nitrogens is 2. The fraction of sp³-hybridized carbons (Fsp3) is 0.444. The van der Waals surface area contributed by atoms with Crippen molar-refractivity contribution in [2.45, 2.75) is 43.8 Å². The minimum Gasteiger partial charge on any atom is -0.489 e. The first kappa shape index (κ1) is 19.5. The number of rotatable bonds is 7. The summed E-state index contributed by atoms with van der Waals surface area (Å²) in [6.07, 6.45) is -4.00. The lowest BCUT2D eigenvalue weighted by molar-refractivity contribution is 0.106. The van der Waals surface area contributed by atoms with Gasteiger partial charge in [-0.2, -0.15) is 0 Å². The molecule has 1 saturated carbocycles. The standard InChI is InChI=1S/C18H18F5N3O/c1-17(24,18(23)5-6-18)9-27-13-3-2-11(26-14(13)16(21)22)10-4-7-25-12(8-10)15(19)20/h2-4,7-8,15-16H,5-6,9,24H2,1H3/t17-/m1/s1. The number of pyridine rings is 2. The van der Waals surface area contributed by atoms with E-state index in [1.165, 1.54) is 25.1 Å². The molecular weight excluding hydrogens is 369 g/mol. The van der Waals surface area contributed by atoms with Gasteiger partial charge in [-0.3, -0.25) is 4.98 Å². The lowest BCUT2D eigenvalue weighted by Gasteiger charge is -2.28. The molecule has 4 nitrogen and oxygen atoms in total. The minimum atomic E-state index is -2.97. The quantitative estimate of drug-likeness (QED) is 0.705. The highest BCUT2D eigenvalue weighted by Crippen LogP contribution is 2.47. The Bertz CT molecular complexity index is 824. The van der Waals surface area contributed by atoms with E-state index in [4.69, 9.17) is 10.5 Å². The monoisotopic (exact) mass is 387 g/mol. The molecule has 1 fully saturated rings. The molecule has 2 aromatic heterocycles. The molecule has 0 radical (unpaired) electrons. The van der Waals surface area contributed by atoms with Gasteiger partial charge in [-0.15, -0.1) is 0 Å². The number of hydrogen-bond donors (Lipinski definition) is 1. The summed E-state index contributed by atoms with van der Waals surface area (Å²) in [7, 11) is 0. The number of hydrogen-bond acceptors (Lipinski definition) is 4. The van der Waals surface area contributed by atoms with Crippen LogP contribution in [0.1, 0.15) is 44.0 Å². The van der Waals surface area contributed by atoms with Crippen LogP contribution in [-0.2, 0) is 0 Å². The highest BCUT2D eigenvalue weighted by molar-refractivity contribution is 5.60. The highest BCUT2D eigenvalue weighted by atomic mass is 19.3. The van der Waals surface area contributed by atoms with Crippen molar-refractivity contribution in [3.63, 3.8) is 0 Å². The normalized spacial score (nSPS) is 17.8. The van der Waals surface area contributed by atoms with E-state index < -0.39 is 35.4 Å². The van der Waals surface area contributed by atoms with Crippen molar-refractivity contribution in [1.82, 2.24) is 9.97 Å². The van der Waals surface area contributed by atoms with Crippen LogP contribution < -0.4 is 10.5 Å². The van der Waals surface area contributed by atoms with Gasteiger partial charge in [0.25, 0.3) is 12.9 Å². The van der Waals surface area contributed by atoms with E-state index in [1.54, 1.807) is 0 Å². The summed E-state index contributed by atoms with van der Waals surface area (Å²) in [4.78, 5) is 7.36. The van der Waals surface area contributed by atoms with E-state index in [1.807, 2.05) is 0 Å². The zero-order valence-corrected chi connectivity index (χ0v) is 14.4. The largest absolute Gasteiger partial charge is 0.489 e. The van der Waals surface area contributed by atoms with Gasteiger partial charge in [0.2, 0.25) is 0 Å². The second-order valence-corrected chi connectivity index (χ2v) is 6.82. The molecular formula is C18H18F5N3O. The van der Waals surface area contributed by atoms with E-state index in [0.29, 0.717) is 12.8 Å². The molecule has 1 aliphatic rings. The molecule has 9 heteroatoms. The van der Waals surface area contributed by atoms with E-state index in [9.17, 15) is 22.0 Å². The molecule has 0 spiro atoms. The van der Waals surface area contributed by atoms with E-state index in [0.717, 1.165) is 12.3 Å². The van der Waals surface area contributed by atoms with Crippen molar-refractivity contribution in [3.8, 4) is 17.0 Å². The Labute approximate surface area is 152 Å². The second-order valence-electron chi connectivity index (χ2n) is 6.82. The van der Waals surface area contributed by atoms with Crippen LogP contribution in [0.2, 0.25) is 0 Å². The zero-order valence-electron chi connectivity index (χ0n) is 14.4. The molecule has 146 valence electrons. The Balaban J connectivity index is 1.86. The lowest BCUT2D eigenvalue weighted by atomic mass is 9.96. The van der Waals surface area contributed by atoms with Crippen LogP contribution in [0.15, 0.2) is 30.5 Å². The van der Waals surface area contributed by atoms with Crippen LogP contribution in [0.3, 0.4) is 0 Å². The summed E-state index contributed by atoms with van der Waals surface area (Å²) in [5, 5.41) is 0. The lowest BCUT2D eigenvalue weighted by Crippen LogP contribution is -2.52. The fourth-order valence-electron chi connectivity index (χ4n) is 2.67. The van der Waals surface area contributed by atoms with Crippen LogP contribution in [0.5, 0.6) is 5.75 Å².